The Kier molecular flexibility index (Phi) is 3.50. The van der Waals surface area contributed by atoms with Crippen LogP contribution >= 0.6 is 0 Å². The van der Waals surface area contributed by atoms with Crippen LogP contribution in [-0.2, 0) is 0 Å². The lowest BCUT2D eigenvalue weighted by Gasteiger charge is -2.18. The second-order valence-electron chi connectivity index (χ2n) is 4.35. The summed E-state index contributed by atoms with van der Waals surface area (Å²) in [6, 6.07) is 6.23. The third kappa shape index (κ3) is 2.47. The highest BCUT2D eigenvalue weighted by Crippen LogP contribution is 2.23. The molecule has 0 unspecified atom stereocenters. The van der Waals surface area contributed by atoms with Gasteiger partial charge >= 0.3 is 0 Å². The van der Waals surface area contributed by atoms with E-state index in [4.69, 9.17) is 0 Å². The van der Waals surface area contributed by atoms with Gasteiger partial charge in [0.1, 0.15) is 5.82 Å². The van der Waals surface area contributed by atoms with Crippen molar-refractivity contribution in [2.24, 2.45) is 5.92 Å². The van der Waals surface area contributed by atoms with Gasteiger partial charge in [-0.15, -0.1) is 0 Å². The van der Waals surface area contributed by atoms with Crippen LogP contribution in [0.3, 0.4) is 0 Å². The third-order valence-electron chi connectivity index (χ3n) is 2.68. The molecule has 0 saturated heterocycles. The van der Waals surface area contributed by atoms with Gasteiger partial charge in [-0.05, 0) is 18.1 Å². The van der Waals surface area contributed by atoms with Crippen molar-refractivity contribution in [2.45, 2.75) is 26.7 Å². The minimum atomic E-state index is 0. The number of aromatic nitrogens is 1. The first-order chi connectivity index (χ1) is 6.52. The summed E-state index contributed by atoms with van der Waals surface area (Å²) < 4.78 is 0. The van der Waals surface area contributed by atoms with Gasteiger partial charge in [0.25, 0.3) is 0 Å². The fraction of sp³-hybridized carbons (Fsp3) is 0.583. The molecular weight excluding hydrogens is 172 g/mol. The van der Waals surface area contributed by atoms with Gasteiger partial charge in [-0.25, -0.2) is 4.98 Å². The van der Waals surface area contributed by atoms with E-state index < -0.39 is 0 Å². The molecule has 0 saturated carbocycles. The number of nitrogens with zero attached hydrogens (tertiary/aromatic N) is 2. The first-order valence-corrected chi connectivity index (χ1v) is 5.16. The number of hydrogen-bond donors (Lipinski definition) is 0. The Labute approximate surface area is 88.5 Å². The molecule has 1 aromatic heterocycles. The predicted molar refractivity (Wildman–Crippen MR) is 63.9 cm³/mol. The highest BCUT2D eigenvalue weighted by atomic mass is 15.1. The average molecular weight is 194 g/mol. The van der Waals surface area contributed by atoms with Gasteiger partial charge < -0.3 is 4.90 Å². The highest BCUT2D eigenvalue weighted by molar-refractivity contribution is 5.37. The van der Waals surface area contributed by atoms with Gasteiger partial charge in [-0.2, -0.15) is 0 Å². The van der Waals surface area contributed by atoms with Gasteiger partial charge in [0.05, 0.1) is 0 Å². The molecule has 0 N–H and O–H groups in total. The lowest BCUT2D eigenvalue weighted by molar-refractivity contribution is 0.523. The molecule has 0 radical (unpaired) electrons. The molecule has 0 aliphatic heterocycles. The second-order valence-corrected chi connectivity index (χ2v) is 4.35. The summed E-state index contributed by atoms with van der Waals surface area (Å²) in [7, 11) is 4.04. The van der Waals surface area contributed by atoms with Crippen molar-refractivity contribution in [3.05, 3.63) is 23.9 Å². The Hall–Kier alpha value is -1.05. The molecule has 1 aromatic rings. The SMILES string of the molecule is CC(C)[C@@H](C)c1cccc(N(C)C)n1.[HH]. The molecular formula is C12H22N2. The standard InChI is InChI=1S/C12H20N2.H2/c1-9(2)10(3)11-7-6-8-12(13-11)14(4)5;/h6-10H,1-5H3;1H/t10-;/m1./s1. The van der Waals surface area contributed by atoms with Crippen LogP contribution in [0.5, 0.6) is 0 Å². The average Bonchev–Trinajstić information content (AvgIpc) is 2.16. The van der Waals surface area contributed by atoms with Gasteiger partial charge in [0, 0.05) is 27.1 Å². The van der Waals surface area contributed by atoms with Gasteiger partial charge in [-0.3, -0.25) is 0 Å². The zero-order valence-corrected chi connectivity index (χ0v) is 9.78. The molecule has 0 aromatic carbocycles. The van der Waals surface area contributed by atoms with Crippen LogP contribution in [-0.4, -0.2) is 19.1 Å². The quantitative estimate of drug-likeness (QED) is 0.735. The van der Waals surface area contributed by atoms with E-state index in [0.717, 1.165) is 5.82 Å². The van der Waals surface area contributed by atoms with Crippen LogP contribution in [0.4, 0.5) is 5.82 Å². The predicted octanol–water partition coefficient (Wildman–Crippen LogP) is 3.15. The fourth-order valence-electron chi connectivity index (χ4n) is 1.28. The van der Waals surface area contributed by atoms with E-state index in [2.05, 4.69) is 37.9 Å². The summed E-state index contributed by atoms with van der Waals surface area (Å²) >= 11 is 0. The molecule has 14 heavy (non-hydrogen) atoms. The number of hydrogen-bond acceptors (Lipinski definition) is 2. The molecule has 1 atom stereocenters. The largest absolute Gasteiger partial charge is 0.363 e. The Morgan fingerprint density at radius 1 is 1.21 bits per heavy atom. The van der Waals surface area contributed by atoms with Crippen LogP contribution in [0.1, 0.15) is 33.8 Å². The maximum atomic E-state index is 4.62. The smallest absolute Gasteiger partial charge is 0.128 e. The lowest BCUT2D eigenvalue weighted by Crippen LogP contribution is -2.13. The molecule has 2 nitrogen and oxygen atoms in total. The first-order valence-electron chi connectivity index (χ1n) is 5.16. The van der Waals surface area contributed by atoms with E-state index in [1.807, 2.05) is 25.1 Å². The summed E-state index contributed by atoms with van der Waals surface area (Å²) in [6.07, 6.45) is 0. The number of pyridine rings is 1. The van der Waals surface area contributed by atoms with E-state index >= 15 is 0 Å². The zero-order chi connectivity index (χ0) is 10.7. The van der Waals surface area contributed by atoms with Crippen molar-refractivity contribution in [1.82, 2.24) is 4.98 Å². The lowest BCUT2D eigenvalue weighted by atomic mass is 9.94. The molecule has 0 spiro atoms. The molecule has 0 fully saturated rings. The first kappa shape index (κ1) is 11.0. The number of rotatable bonds is 3. The number of anilines is 1. The summed E-state index contributed by atoms with van der Waals surface area (Å²) in [6.45, 7) is 6.69. The molecule has 0 bridgehead atoms. The summed E-state index contributed by atoms with van der Waals surface area (Å²) in [5.41, 5.74) is 1.19. The molecule has 80 valence electrons. The van der Waals surface area contributed by atoms with E-state index in [0.29, 0.717) is 11.8 Å². The van der Waals surface area contributed by atoms with E-state index in [1.54, 1.807) is 0 Å². The third-order valence-corrected chi connectivity index (χ3v) is 2.68. The zero-order valence-electron chi connectivity index (χ0n) is 9.78. The normalized spacial score (nSPS) is 13.0. The monoisotopic (exact) mass is 194 g/mol. The molecule has 0 aliphatic rings. The van der Waals surface area contributed by atoms with E-state index in [1.165, 1.54) is 5.69 Å². The topological polar surface area (TPSA) is 16.1 Å². The van der Waals surface area contributed by atoms with Crippen molar-refractivity contribution < 1.29 is 1.43 Å². The van der Waals surface area contributed by atoms with E-state index in [9.17, 15) is 0 Å². The van der Waals surface area contributed by atoms with Crippen molar-refractivity contribution in [2.75, 3.05) is 19.0 Å². The van der Waals surface area contributed by atoms with Crippen molar-refractivity contribution in [1.29, 1.82) is 0 Å². The van der Waals surface area contributed by atoms with Crippen LogP contribution in [0, 0.1) is 5.92 Å². The van der Waals surface area contributed by atoms with Crippen molar-refractivity contribution >= 4 is 5.82 Å². The van der Waals surface area contributed by atoms with Gasteiger partial charge in [-0.1, -0.05) is 26.8 Å². The highest BCUT2D eigenvalue weighted by Gasteiger charge is 2.11. The molecule has 2 heteroatoms. The van der Waals surface area contributed by atoms with Crippen LogP contribution in [0.25, 0.3) is 0 Å². The van der Waals surface area contributed by atoms with Crippen molar-refractivity contribution in [3.8, 4) is 0 Å². The van der Waals surface area contributed by atoms with Crippen LogP contribution in [0.2, 0.25) is 0 Å². The molecule has 1 heterocycles. The summed E-state index contributed by atoms with van der Waals surface area (Å²) in [5, 5.41) is 0. The second kappa shape index (κ2) is 4.45. The van der Waals surface area contributed by atoms with Crippen LogP contribution in [0.15, 0.2) is 18.2 Å². The minimum Gasteiger partial charge on any atom is -0.363 e. The molecule has 0 amide bonds. The van der Waals surface area contributed by atoms with Crippen LogP contribution < -0.4 is 4.90 Å². The Bertz CT molecular complexity index is 297. The fourth-order valence-corrected chi connectivity index (χ4v) is 1.28. The maximum Gasteiger partial charge on any atom is 0.128 e. The Morgan fingerprint density at radius 3 is 2.36 bits per heavy atom. The molecule has 1 rings (SSSR count). The van der Waals surface area contributed by atoms with E-state index in [-0.39, 0.29) is 1.43 Å². The summed E-state index contributed by atoms with van der Waals surface area (Å²) in [5.74, 6) is 2.20. The van der Waals surface area contributed by atoms with Gasteiger partial charge in [0.15, 0.2) is 0 Å². The molecule has 0 aliphatic carbocycles. The Morgan fingerprint density at radius 2 is 1.86 bits per heavy atom. The maximum absolute atomic E-state index is 4.62. The minimum absolute atomic E-state index is 0. The van der Waals surface area contributed by atoms with Crippen molar-refractivity contribution in [3.63, 3.8) is 0 Å². The van der Waals surface area contributed by atoms with Gasteiger partial charge in [0.2, 0.25) is 0 Å². The Balaban J connectivity index is 0.00000196. The summed E-state index contributed by atoms with van der Waals surface area (Å²) in [4.78, 5) is 6.66.